The summed E-state index contributed by atoms with van der Waals surface area (Å²) in [6.45, 7) is 3.26. The predicted octanol–water partition coefficient (Wildman–Crippen LogP) is 2.09. The number of fused-ring (bicyclic) bond motifs is 3. The number of allylic oxidation sites excluding steroid dienone is 1. The number of nitrogens with zero attached hydrogens (tertiary/aromatic N) is 5. The van der Waals surface area contributed by atoms with E-state index < -0.39 is 5.54 Å². The van der Waals surface area contributed by atoms with Crippen molar-refractivity contribution in [2.24, 2.45) is 0 Å². The molecule has 10 heteroatoms. The maximum Gasteiger partial charge on any atom is 0.256 e. The van der Waals surface area contributed by atoms with E-state index in [1.54, 1.807) is 18.6 Å². The van der Waals surface area contributed by atoms with Gasteiger partial charge in [0.15, 0.2) is 17.2 Å². The average Bonchev–Trinajstić information content (AvgIpc) is 3.40. The Balaban J connectivity index is 1.63. The summed E-state index contributed by atoms with van der Waals surface area (Å²) in [7, 11) is 0. The molecule has 0 bridgehead atoms. The van der Waals surface area contributed by atoms with Crippen LogP contribution in [-0.2, 0) is 9.53 Å². The summed E-state index contributed by atoms with van der Waals surface area (Å²) in [5.74, 6) is 1.06. The van der Waals surface area contributed by atoms with Crippen LogP contribution >= 0.6 is 11.3 Å². The first kappa shape index (κ1) is 17.0. The zero-order chi connectivity index (χ0) is 19.1. The minimum atomic E-state index is -0.903. The third kappa shape index (κ3) is 2.45. The van der Waals surface area contributed by atoms with Gasteiger partial charge in [-0.1, -0.05) is 12.2 Å². The second-order valence-corrected chi connectivity index (χ2v) is 7.40. The van der Waals surface area contributed by atoms with Gasteiger partial charge in [0, 0.05) is 18.1 Å². The van der Waals surface area contributed by atoms with Crippen molar-refractivity contribution in [1.82, 2.24) is 25.1 Å². The second-order valence-electron chi connectivity index (χ2n) is 6.51. The molecule has 1 amide bonds. The number of thiazole rings is 1. The lowest BCUT2D eigenvalue weighted by Crippen LogP contribution is -2.65. The largest absolute Gasteiger partial charge is 0.376 e. The number of aromatic nitrogens is 5. The molecule has 1 fully saturated rings. The molecule has 0 aromatic carbocycles. The third-order valence-corrected chi connectivity index (χ3v) is 5.69. The van der Waals surface area contributed by atoms with Gasteiger partial charge in [-0.25, -0.2) is 15.0 Å². The summed E-state index contributed by atoms with van der Waals surface area (Å²) in [6, 6.07) is 0. The summed E-state index contributed by atoms with van der Waals surface area (Å²) < 4.78 is 5.63. The molecule has 3 aromatic rings. The molecule has 0 saturated carbocycles. The number of hydrogen-bond acceptors (Lipinski definition) is 8. The highest BCUT2D eigenvalue weighted by Gasteiger charge is 2.49. The third-order valence-electron chi connectivity index (χ3n) is 4.90. The number of nitrogens with one attached hydrogen (secondary N) is 2. The van der Waals surface area contributed by atoms with Gasteiger partial charge in [-0.2, -0.15) is 5.10 Å². The lowest BCUT2D eigenvalue weighted by Gasteiger charge is -2.47. The van der Waals surface area contributed by atoms with Crippen LogP contribution in [0.5, 0.6) is 0 Å². The molecule has 142 valence electrons. The van der Waals surface area contributed by atoms with Gasteiger partial charge >= 0.3 is 0 Å². The number of rotatable bonds is 3. The number of morpholine rings is 1. The molecule has 2 aliphatic rings. The molecule has 28 heavy (non-hydrogen) atoms. The molecular weight excluding hydrogens is 378 g/mol. The maximum absolute atomic E-state index is 12.9. The first-order chi connectivity index (χ1) is 13.7. The molecule has 0 radical (unpaired) electrons. The highest BCUT2D eigenvalue weighted by molar-refractivity contribution is 7.13. The van der Waals surface area contributed by atoms with Crippen LogP contribution in [0.4, 0.5) is 11.5 Å². The number of anilines is 2. The minimum absolute atomic E-state index is 0.138. The molecule has 5 rings (SSSR count). The number of carbonyl (C=O) groups is 1. The molecule has 2 N–H and O–H groups in total. The van der Waals surface area contributed by atoms with E-state index in [9.17, 15) is 4.79 Å². The maximum atomic E-state index is 12.9. The number of hydrogen-bond donors (Lipinski definition) is 2. The first-order valence-electron chi connectivity index (χ1n) is 8.84. The van der Waals surface area contributed by atoms with Gasteiger partial charge in [0.1, 0.15) is 16.4 Å². The van der Waals surface area contributed by atoms with E-state index in [1.165, 1.54) is 11.3 Å². The molecule has 9 nitrogen and oxygen atoms in total. The molecule has 2 aliphatic heterocycles. The summed E-state index contributed by atoms with van der Waals surface area (Å²) in [5.41, 5.74) is 1.23. The lowest BCUT2D eigenvalue weighted by molar-refractivity contribution is -0.123. The molecule has 1 atom stereocenters. The van der Waals surface area contributed by atoms with Crippen molar-refractivity contribution in [2.45, 2.75) is 12.5 Å². The highest BCUT2D eigenvalue weighted by Crippen LogP contribution is 2.39. The number of ether oxygens (including phenoxy) is 1. The molecule has 1 saturated heterocycles. The van der Waals surface area contributed by atoms with Crippen LogP contribution in [0.1, 0.15) is 6.92 Å². The molecule has 0 aliphatic carbocycles. The lowest BCUT2D eigenvalue weighted by atomic mass is 9.92. The Labute approximate surface area is 164 Å². The quantitative estimate of drug-likeness (QED) is 0.654. The van der Waals surface area contributed by atoms with Crippen molar-refractivity contribution in [3.8, 4) is 22.1 Å². The standard InChI is InChI=1S/C18H17N7O2S/c1-2-3-18-10-27-6-5-25(18)15-12(22-17(18)26)9-20-14(23-15)11-8-21-24-13(11)16-19-4-7-28-16/h2-4,7-9H,5-6,10H2,1H3,(H,21,24)(H,22,26)/b3-2+/t18-/m1/s1. The Morgan fingerprint density at radius 1 is 1.36 bits per heavy atom. The fraction of sp³-hybridized carbons (Fsp3) is 0.278. The van der Waals surface area contributed by atoms with E-state index in [2.05, 4.69) is 25.5 Å². The molecule has 0 spiro atoms. The van der Waals surface area contributed by atoms with Crippen LogP contribution < -0.4 is 10.2 Å². The van der Waals surface area contributed by atoms with Crippen molar-refractivity contribution in [1.29, 1.82) is 0 Å². The van der Waals surface area contributed by atoms with Crippen LogP contribution in [0, 0.1) is 0 Å². The number of H-pyrrole nitrogens is 1. The fourth-order valence-electron chi connectivity index (χ4n) is 3.63. The van der Waals surface area contributed by atoms with Gasteiger partial charge in [-0.15, -0.1) is 11.3 Å². The number of aromatic amines is 1. The zero-order valence-electron chi connectivity index (χ0n) is 15.0. The smallest absolute Gasteiger partial charge is 0.256 e. The van der Waals surface area contributed by atoms with E-state index in [1.807, 2.05) is 29.4 Å². The van der Waals surface area contributed by atoms with Crippen molar-refractivity contribution in [3.63, 3.8) is 0 Å². The van der Waals surface area contributed by atoms with Gasteiger partial charge in [-0.3, -0.25) is 9.89 Å². The van der Waals surface area contributed by atoms with E-state index in [0.717, 1.165) is 16.3 Å². The van der Waals surface area contributed by atoms with Gasteiger partial charge in [0.2, 0.25) is 0 Å². The summed E-state index contributed by atoms with van der Waals surface area (Å²) in [6.07, 6.45) is 8.81. The minimum Gasteiger partial charge on any atom is -0.376 e. The summed E-state index contributed by atoms with van der Waals surface area (Å²) in [5, 5.41) is 12.8. The monoisotopic (exact) mass is 395 g/mol. The van der Waals surface area contributed by atoms with Crippen LogP contribution in [0.15, 0.2) is 36.1 Å². The summed E-state index contributed by atoms with van der Waals surface area (Å²) >= 11 is 1.51. The van der Waals surface area contributed by atoms with Gasteiger partial charge in [-0.05, 0) is 6.92 Å². The average molecular weight is 395 g/mol. The van der Waals surface area contributed by atoms with Crippen molar-refractivity contribution in [3.05, 3.63) is 36.1 Å². The van der Waals surface area contributed by atoms with Gasteiger partial charge < -0.3 is 15.0 Å². The first-order valence-corrected chi connectivity index (χ1v) is 9.72. The van der Waals surface area contributed by atoms with Gasteiger partial charge in [0.25, 0.3) is 5.91 Å². The van der Waals surface area contributed by atoms with E-state index in [0.29, 0.717) is 30.5 Å². The SMILES string of the molecule is C/C=C/[C@]12COCCN1c1nc(-c3cn[nH]c3-c3nccs3)ncc1NC2=O. The topological polar surface area (TPSA) is 109 Å². The molecular formula is C18H17N7O2S. The predicted molar refractivity (Wildman–Crippen MR) is 105 cm³/mol. The van der Waals surface area contributed by atoms with Crippen LogP contribution in [0.25, 0.3) is 22.1 Å². The van der Waals surface area contributed by atoms with Crippen LogP contribution in [0.3, 0.4) is 0 Å². The van der Waals surface area contributed by atoms with E-state index in [-0.39, 0.29) is 12.5 Å². The normalized spacial score (nSPS) is 21.5. The van der Waals surface area contributed by atoms with Crippen LogP contribution in [0.2, 0.25) is 0 Å². The Bertz CT molecular complexity index is 1060. The van der Waals surface area contributed by atoms with Crippen LogP contribution in [-0.4, -0.2) is 56.4 Å². The summed E-state index contributed by atoms with van der Waals surface area (Å²) in [4.78, 5) is 28.5. The number of amides is 1. The second kappa shape index (κ2) is 6.50. The van der Waals surface area contributed by atoms with Crippen molar-refractivity contribution < 1.29 is 9.53 Å². The Morgan fingerprint density at radius 3 is 3.11 bits per heavy atom. The van der Waals surface area contributed by atoms with E-state index in [4.69, 9.17) is 9.72 Å². The van der Waals surface area contributed by atoms with E-state index >= 15 is 0 Å². The van der Waals surface area contributed by atoms with Gasteiger partial charge in [0.05, 0.1) is 31.2 Å². The fourth-order valence-corrected chi connectivity index (χ4v) is 4.27. The molecule has 0 unspecified atom stereocenters. The number of carbonyl (C=O) groups excluding carboxylic acids is 1. The Hall–Kier alpha value is -3.11. The highest BCUT2D eigenvalue weighted by atomic mass is 32.1. The van der Waals surface area contributed by atoms with Crippen molar-refractivity contribution >= 4 is 28.7 Å². The molecule has 5 heterocycles. The zero-order valence-corrected chi connectivity index (χ0v) is 15.9. The Kier molecular flexibility index (Phi) is 3.95. The van der Waals surface area contributed by atoms with Crippen molar-refractivity contribution in [2.75, 3.05) is 30.0 Å². The molecule has 3 aromatic heterocycles. The Morgan fingerprint density at radius 2 is 2.29 bits per heavy atom.